The van der Waals surface area contributed by atoms with Crippen LogP contribution in [0.1, 0.15) is 12.3 Å². The quantitative estimate of drug-likeness (QED) is 0.683. The molecule has 0 atom stereocenters. The van der Waals surface area contributed by atoms with Gasteiger partial charge in [-0.1, -0.05) is 12.1 Å². The topological polar surface area (TPSA) is 81.4 Å². The van der Waals surface area contributed by atoms with E-state index in [0.717, 1.165) is 12.1 Å². The van der Waals surface area contributed by atoms with E-state index in [4.69, 9.17) is 9.15 Å². The Balaban J connectivity index is 1.44. The first-order valence-electron chi connectivity index (χ1n) is 7.76. The third-order valence-corrected chi connectivity index (χ3v) is 3.45. The smallest absolute Gasteiger partial charge is 0.306 e. The summed E-state index contributed by atoms with van der Waals surface area (Å²) in [6.07, 6.45) is 0.226. The number of hydrogen-bond donors (Lipinski definition) is 1. The summed E-state index contributed by atoms with van der Waals surface area (Å²) in [4.78, 5) is 27.6. The van der Waals surface area contributed by atoms with Gasteiger partial charge in [0, 0.05) is 18.2 Å². The van der Waals surface area contributed by atoms with E-state index >= 15 is 0 Å². The standard InChI is InChI=1S/C18H14F2N2O4/c19-12-6-5-11(9-13(12)20)21-16(23)10-25-18(24)8-7-17-22-14-3-1-2-4-15(14)26-17/h1-6,9H,7-8,10H2,(H,21,23). The summed E-state index contributed by atoms with van der Waals surface area (Å²) in [5, 5.41) is 2.30. The van der Waals surface area contributed by atoms with Crippen LogP contribution < -0.4 is 5.32 Å². The van der Waals surface area contributed by atoms with Crippen LogP contribution in [0.25, 0.3) is 11.1 Å². The summed E-state index contributed by atoms with van der Waals surface area (Å²) in [6.45, 7) is -0.536. The van der Waals surface area contributed by atoms with Crippen LogP contribution >= 0.6 is 0 Å². The summed E-state index contributed by atoms with van der Waals surface area (Å²) in [6, 6.07) is 10.1. The lowest BCUT2D eigenvalue weighted by Gasteiger charge is -2.06. The first-order valence-corrected chi connectivity index (χ1v) is 7.76. The molecule has 26 heavy (non-hydrogen) atoms. The van der Waals surface area contributed by atoms with Crippen molar-refractivity contribution in [2.45, 2.75) is 12.8 Å². The minimum atomic E-state index is -1.09. The molecule has 0 spiro atoms. The number of ether oxygens (including phenoxy) is 1. The van der Waals surface area contributed by atoms with Gasteiger partial charge in [0.25, 0.3) is 5.91 Å². The number of hydrogen-bond acceptors (Lipinski definition) is 5. The molecule has 1 amide bonds. The number of rotatable bonds is 6. The Labute approximate surface area is 146 Å². The minimum Gasteiger partial charge on any atom is -0.456 e. The number of aryl methyl sites for hydroxylation is 1. The third kappa shape index (κ3) is 4.41. The average Bonchev–Trinajstić information content (AvgIpc) is 3.04. The Morgan fingerprint density at radius 3 is 2.69 bits per heavy atom. The van der Waals surface area contributed by atoms with E-state index in [1.54, 1.807) is 12.1 Å². The normalized spacial score (nSPS) is 10.7. The van der Waals surface area contributed by atoms with Gasteiger partial charge < -0.3 is 14.5 Å². The molecule has 0 bridgehead atoms. The molecule has 3 rings (SSSR count). The molecule has 0 aliphatic rings. The summed E-state index contributed by atoms with van der Waals surface area (Å²) in [5.41, 5.74) is 1.39. The molecule has 0 saturated carbocycles. The van der Waals surface area contributed by atoms with Crippen molar-refractivity contribution < 1.29 is 27.5 Å². The van der Waals surface area contributed by atoms with Gasteiger partial charge in [0.1, 0.15) is 5.52 Å². The van der Waals surface area contributed by atoms with E-state index in [2.05, 4.69) is 10.3 Å². The predicted molar refractivity (Wildman–Crippen MR) is 88.3 cm³/mol. The van der Waals surface area contributed by atoms with Crippen molar-refractivity contribution in [3.8, 4) is 0 Å². The molecule has 1 aromatic heterocycles. The number of aromatic nitrogens is 1. The van der Waals surface area contributed by atoms with Crippen molar-refractivity contribution in [2.24, 2.45) is 0 Å². The molecule has 3 aromatic rings. The second-order valence-corrected chi connectivity index (χ2v) is 5.41. The molecular formula is C18H14F2N2O4. The number of amides is 1. The van der Waals surface area contributed by atoms with Crippen LogP contribution in [0.3, 0.4) is 0 Å². The Morgan fingerprint density at radius 2 is 1.92 bits per heavy atom. The van der Waals surface area contributed by atoms with Gasteiger partial charge in [0.15, 0.2) is 29.7 Å². The fourth-order valence-electron chi connectivity index (χ4n) is 2.23. The molecule has 2 aromatic carbocycles. The van der Waals surface area contributed by atoms with Gasteiger partial charge in [-0.2, -0.15) is 0 Å². The van der Waals surface area contributed by atoms with Crippen LogP contribution in [-0.4, -0.2) is 23.5 Å². The van der Waals surface area contributed by atoms with E-state index in [1.807, 2.05) is 12.1 Å². The SMILES string of the molecule is O=C(COC(=O)CCc1nc2ccccc2o1)Nc1ccc(F)c(F)c1. The lowest BCUT2D eigenvalue weighted by atomic mass is 10.3. The molecular weight excluding hydrogens is 346 g/mol. The summed E-state index contributed by atoms with van der Waals surface area (Å²) in [5.74, 6) is -2.97. The number of esters is 1. The zero-order valence-corrected chi connectivity index (χ0v) is 13.5. The lowest BCUT2D eigenvalue weighted by Crippen LogP contribution is -2.21. The lowest BCUT2D eigenvalue weighted by molar-refractivity contribution is -0.147. The highest BCUT2D eigenvalue weighted by Gasteiger charge is 2.12. The number of carbonyl (C=O) groups excluding carboxylic acids is 2. The molecule has 134 valence electrons. The number of halogens is 2. The van der Waals surface area contributed by atoms with Gasteiger partial charge in [-0.25, -0.2) is 13.8 Å². The number of nitrogens with zero attached hydrogens (tertiary/aromatic N) is 1. The first kappa shape index (κ1) is 17.5. The minimum absolute atomic E-state index is 0.00865. The van der Waals surface area contributed by atoms with Crippen LogP contribution in [0.2, 0.25) is 0 Å². The number of nitrogens with one attached hydrogen (secondary N) is 1. The van der Waals surface area contributed by atoms with Crippen molar-refractivity contribution in [3.63, 3.8) is 0 Å². The molecule has 6 nitrogen and oxygen atoms in total. The molecule has 8 heteroatoms. The second kappa shape index (κ2) is 7.73. The highest BCUT2D eigenvalue weighted by Crippen LogP contribution is 2.16. The largest absolute Gasteiger partial charge is 0.456 e. The van der Waals surface area contributed by atoms with Crippen LogP contribution in [0.15, 0.2) is 46.9 Å². The molecule has 0 radical (unpaired) electrons. The van der Waals surface area contributed by atoms with Gasteiger partial charge >= 0.3 is 5.97 Å². The van der Waals surface area contributed by atoms with Crippen LogP contribution in [0, 0.1) is 11.6 Å². The molecule has 1 N–H and O–H groups in total. The average molecular weight is 360 g/mol. The summed E-state index contributed by atoms with van der Waals surface area (Å²) < 4.78 is 36.2. The van der Waals surface area contributed by atoms with E-state index in [1.165, 1.54) is 6.07 Å². The van der Waals surface area contributed by atoms with Crippen LogP contribution in [-0.2, 0) is 20.7 Å². The second-order valence-electron chi connectivity index (χ2n) is 5.41. The Hall–Kier alpha value is -3.29. The number of fused-ring (bicyclic) bond motifs is 1. The monoisotopic (exact) mass is 360 g/mol. The van der Waals surface area contributed by atoms with Gasteiger partial charge in [-0.3, -0.25) is 9.59 Å². The molecule has 0 fully saturated rings. The van der Waals surface area contributed by atoms with E-state index in [-0.39, 0.29) is 18.5 Å². The van der Waals surface area contributed by atoms with Gasteiger partial charge in [-0.15, -0.1) is 0 Å². The first-order chi connectivity index (χ1) is 12.5. The summed E-state index contributed by atoms with van der Waals surface area (Å²) in [7, 11) is 0. The van der Waals surface area contributed by atoms with E-state index < -0.39 is 30.1 Å². The Kier molecular flexibility index (Phi) is 5.21. The number of benzene rings is 2. The molecule has 0 aliphatic carbocycles. The fraction of sp³-hybridized carbons (Fsp3) is 0.167. The third-order valence-electron chi connectivity index (χ3n) is 3.45. The highest BCUT2D eigenvalue weighted by molar-refractivity contribution is 5.92. The molecule has 0 unspecified atom stereocenters. The maximum atomic E-state index is 13.1. The van der Waals surface area contributed by atoms with Crippen molar-refractivity contribution in [3.05, 3.63) is 60.0 Å². The number of carbonyl (C=O) groups is 2. The summed E-state index contributed by atoms with van der Waals surface area (Å²) >= 11 is 0. The highest BCUT2D eigenvalue weighted by atomic mass is 19.2. The van der Waals surface area contributed by atoms with Gasteiger partial charge in [-0.05, 0) is 24.3 Å². The Morgan fingerprint density at radius 1 is 1.12 bits per heavy atom. The van der Waals surface area contributed by atoms with Gasteiger partial charge in [0.05, 0.1) is 6.42 Å². The molecule has 0 aliphatic heterocycles. The number of anilines is 1. The maximum absolute atomic E-state index is 13.1. The van der Waals surface area contributed by atoms with Crippen LogP contribution in [0.4, 0.5) is 14.5 Å². The van der Waals surface area contributed by atoms with E-state index in [9.17, 15) is 18.4 Å². The zero-order valence-electron chi connectivity index (χ0n) is 13.5. The molecule has 0 saturated heterocycles. The number of oxazole rings is 1. The fourth-order valence-corrected chi connectivity index (χ4v) is 2.23. The molecule has 1 heterocycles. The maximum Gasteiger partial charge on any atom is 0.306 e. The van der Waals surface area contributed by atoms with Crippen molar-refractivity contribution in [1.29, 1.82) is 0 Å². The van der Waals surface area contributed by atoms with E-state index in [0.29, 0.717) is 17.0 Å². The number of para-hydroxylation sites is 2. The van der Waals surface area contributed by atoms with Crippen LogP contribution in [0.5, 0.6) is 0 Å². The van der Waals surface area contributed by atoms with Crippen molar-refractivity contribution >= 4 is 28.7 Å². The van der Waals surface area contributed by atoms with Crippen molar-refractivity contribution in [1.82, 2.24) is 4.98 Å². The predicted octanol–water partition coefficient (Wildman–Crippen LogP) is 3.22. The Bertz CT molecular complexity index is 922. The van der Waals surface area contributed by atoms with Gasteiger partial charge in [0.2, 0.25) is 0 Å². The van der Waals surface area contributed by atoms with Crippen molar-refractivity contribution in [2.75, 3.05) is 11.9 Å². The zero-order chi connectivity index (χ0) is 18.5.